The molecule has 0 aliphatic heterocycles. The molecule has 0 bridgehead atoms. The molecule has 1 saturated carbocycles. The standard InChI is InChI=1S/C19H26O3/c1-13(2)16-10-9-14(3)11-18(16)22-19(21)17(12-20)15-7-5-4-6-8-15/h4-8,12-14,16-18H,9-11H2,1-3H3/t14-,16+,17-,18+/m0/s1. The Morgan fingerprint density at radius 1 is 1.23 bits per heavy atom. The van der Waals surface area contributed by atoms with Gasteiger partial charge in [0.15, 0.2) is 0 Å². The molecular weight excluding hydrogens is 276 g/mol. The Bertz CT molecular complexity index is 495. The fourth-order valence-corrected chi connectivity index (χ4v) is 3.40. The van der Waals surface area contributed by atoms with Crippen LogP contribution in [0, 0.1) is 17.8 Å². The summed E-state index contributed by atoms with van der Waals surface area (Å²) < 4.78 is 5.77. The second-order valence-corrected chi connectivity index (χ2v) is 6.83. The Balaban J connectivity index is 2.09. The first-order valence-corrected chi connectivity index (χ1v) is 8.23. The zero-order valence-corrected chi connectivity index (χ0v) is 13.7. The Morgan fingerprint density at radius 3 is 2.50 bits per heavy atom. The molecule has 22 heavy (non-hydrogen) atoms. The molecule has 1 aliphatic rings. The van der Waals surface area contributed by atoms with Crippen molar-refractivity contribution >= 4 is 12.3 Å². The van der Waals surface area contributed by atoms with E-state index in [1.807, 2.05) is 18.2 Å². The summed E-state index contributed by atoms with van der Waals surface area (Å²) in [6.45, 7) is 6.55. The molecule has 4 atom stereocenters. The van der Waals surface area contributed by atoms with E-state index in [0.717, 1.165) is 12.8 Å². The lowest BCUT2D eigenvalue weighted by atomic mass is 9.75. The van der Waals surface area contributed by atoms with E-state index < -0.39 is 11.9 Å². The number of hydrogen-bond donors (Lipinski definition) is 0. The van der Waals surface area contributed by atoms with Crippen molar-refractivity contribution in [3.05, 3.63) is 35.9 Å². The maximum Gasteiger partial charge on any atom is 0.320 e. The molecule has 1 fully saturated rings. The van der Waals surface area contributed by atoms with Gasteiger partial charge in [-0.25, -0.2) is 0 Å². The number of carbonyl (C=O) groups excluding carboxylic acids is 2. The lowest BCUT2D eigenvalue weighted by Crippen LogP contribution is -2.37. The van der Waals surface area contributed by atoms with Gasteiger partial charge in [-0.05, 0) is 36.2 Å². The van der Waals surface area contributed by atoms with Gasteiger partial charge < -0.3 is 9.53 Å². The number of rotatable bonds is 5. The van der Waals surface area contributed by atoms with E-state index in [1.165, 1.54) is 6.42 Å². The largest absolute Gasteiger partial charge is 0.461 e. The summed E-state index contributed by atoms with van der Waals surface area (Å²) in [6.07, 6.45) is 3.80. The summed E-state index contributed by atoms with van der Waals surface area (Å²) in [6, 6.07) is 9.12. The third kappa shape index (κ3) is 3.96. The summed E-state index contributed by atoms with van der Waals surface area (Å²) in [5, 5.41) is 0. The van der Waals surface area contributed by atoms with Gasteiger partial charge in [-0.15, -0.1) is 0 Å². The van der Waals surface area contributed by atoms with Crippen molar-refractivity contribution in [3.63, 3.8) is 0 Å². The summed E-state index contributed by atoms with van der Waals surface area (Å²) in [5.41, 5.74) is 0.701. The molecule has 1 aromatic rings. The SMILES string of the molecule is CC(C)[C@H]1CC[C@H](C)C[C@H]1OC(=O)[C@@H](C=O)c1ccccc1. The van der Waals surface area contributed by atoms with Crippen LogP contribution in [0.3, 0.4) is 0 Å². The zero-order valence-electron chi connectivity index (χ0n) is 13.7. The van der Waals surface area contributed by atoms with Gasteiger partial charge in [-0.3, -0.25) is 4.79 Å². The van der Waals surface area contributed by atoms with E-state index in [4.69, 9.17) is 4.74 Å². The van der Waals surface area contributed by atoms with Crippen molar-refractivity contribution < 1.29 is 14.3 Å². The maximum atomic E-state index is 12.5. The summed E-state index contributed by atoms with van der Waals surface area (Å²) in [4.78, 5) is 23.8. The maximum absolute atomic E-state index is 12.5. The van der Waals surface area contributed by atoms with E-state index in [-0.39, 0.29) is 6.10 Å². The van der Waals surface area contributed by atoms with Gasteiger partial charge in [0.2, 0.25) is 0 Å². The van der Waals surface area contributed by atoms with Crippen molar-refractivity contribution in [2.75, 3.05) is 0 Å². The molecule has 1 aromatic carbocycles. The van der Waals surface area contributed by atoms with Gasteiger partial charge in [0.05, 0.1) is 0 Å². The third-order valence-electron chi connectivity index (χ3n) is 4.78. The Morgan fingerprint density at radius 2 is 1.91 bits per heavy atom. The molecule has 0 spiro atoms. The first kappa shape index (κ1) is 16.7. The fraction of sp³-hybridized carbons (Fsp3) is 0.579. The van der Waals surface area contributed by atoms with Gasteiger partial charge in [-0.1, -0.05) is 57.5 Å². The summed E-state index contributed by atoms with van der Waals surface area (Å²) in [7, 11) is 0. The molecule has 0 aromatic heterocycles. The van der Waals surface area contributed by atoms with Crippen LogP contribution < -0.4 is 0 Å². The van der Waals surface area contributed by atoms with Crippen molar-refractivity contribution in [1.82, 2.24) is 0 Å². The smallest absolute Gasteiger partial charge is 0.320 e. The van der Waals surface area contributed by atoms with E-state index in [2.05, 4.69) is 20.8 Å². The Hall–Kier alpha value is -1.64. The molecule has 0 unspecified atom stereocenters. The first-order valence-electron chi connectivity index (χ1n) is 8.23. The predicted octanol–water partition coefficient (Wildman–Crippen LogP) is 3.97. The van der Waals surface area contributed by atoms with Crippen LogP contribution in [-0.4, -0.2) is 18.4 Å². The molecule has 120 valence electrons. The van der Waals surface area contributed by atoms with E-state index >= 15 is 0 Å². The van der Waals surface area contributed by atoms with E-state index in [1.54, 1.807) is 12.1 Å². The predicted molar refractivity (Wildman–Crippen MR) is 86.5 cm³/mol. The first-order chi connectivity index (χ1) is 10.5. The third-order valence-corrected chi connectivity index (χ3v) is 4.78. The minimum absolute atomic E-state index is 0.0672. The van der Waals surface area contributed by atoms with Crippen molar-refractivity contribution in [1.29, 1.82) is 0 Å². The van der Waals surface area contributed by atoms with Gasteiger partial charge >= 0.3 is 5.97 Å². The van der Waals surface area contributed by atoms with Crippen LogP contribution in [0.2, 0.25) is 0 Å². The van der Waals surface area contributed by atoms with Crippen LogP contribution in [0.25, 0.3) is 0 Å². The fourth-order valence-electron chi connectivity index (χ4n) is 3.40. The number of hydrogen-bond acceptors (Lipinski definition) is 3. The molecular formula is C19H26O3. The van der Waals surface area contributed by atoms with Crippen LogP contribution in [0.4, 0.5) is 0 Å². The molecule has 0 saturated heterocycles. The van der Waals surface area contributed by atoms with Crippen LogP contribution >= 0.6 is 0 Å². The van der Waals surface area contributed by atoms with Gasteiger partial charge in [0.25, 0.3) is 0 Å². The second-order valence-electron chi connectivity index (χ2n) is 6.83. The summed E-state index contributed by atoms with van der Waals surface area (Å²) >= 11 is 0. The number of esters is 1. The van der Waals surface area contributed by atoms with E-state index in [0.29, 0.717) is 29.6 Å². The molecule has 0 radical (unpaired) electrons. The summed E-state index contributed by atoms with van der Waals surface area (Å²) in [5.74, 6) is 0.219. The van der Waals surface area contributed by atoms with Crippen LogP contribution in [0.15, 0.2) is 30.3 Å². The van der Waals surface area contributed by atoms with E-state index in [9.17, 15) is 9.59 Å². The van der Waals surface area contributed by atoms with Crippen LogP contribution in [0.5, 0.6) is 0 Å². The van der Waals surface area contributed by atoms with Gasteiger partial charge in [0, 0.05) is 0 Å². The Labute approximate surface area is 133 Å². The molecule has 0 amide bonds. The van der Waals surface area contributed by atoms with Gasteiger partial charge in [-0.2, -0.15) is 0 Å². The average molecular weight is 302 g/mol. The number of ether oxygens (including phenoxy) is 1. The van der Waals surface area contributed by atoms with Crippen LogP contribution in [-0.2, 0) is 14.3 Å². The minimum atomic E-state index is -0.814. The quantitative estimate of drug-likeness (QED) is 0.469. The molecule has 0 N–H and O–H groups in total. The normalized spacial score (nSPS) is 26.5. The average Bonchev–Trinajstić information content (AvgIpc) is 2.48. The minimum Gasteiger partial charge on any atom is -0.461 e. The van der Waals surface area contributed by atoms with Gasteiger partial charge in [0.1, 0.15) is 18.3 Å². The van der Waals surface area contributed by atoms with Crippen molar-refractivity contribution in [2.24, 2.45) is 17.8 Å². The zero-order chi connectivity index (χ0) is 16.1. The molecule has 2 rings (SSSR count). The monoisotopic (exact) mass is 302 g/mol. The number of aldehydes is 1. The molecule has 3 nitrogen and oxygen atoms in total. The molecule has 3 heteroatoms. The second kappa shape index (κ2) is 7.57. The molecule has 0 heterocycles. The highest BCUT2D eigenvalue weighted by Crippen LogP contribution is 2.36. The number of benzene rings is 1. The van der Waals surface area contributed by atoms with Crippen molar-refractivity contribution in [3.8, 4) is 0 Å². The highest BCUT2D eigenvalue weighted by molar-refractivity contribution is 5.94. The lowest BCUT2D eigenvalue weighted by molar-refractivity contribution is -0.158. The lowest BCUT2D eigenvalue weighted by Gasteiger charge is -2.37. The van der Waals surface area contributed by atoms with Crippen LogP contribution in [0.1, 0.15) is 51.5 Å². The number of carbonyl (C=O) groups is 2. The Kier molecular flexibility index (Phi) is 5.76. The molecule has 1 aliphatic carbocycles. The highest BCUT2D eigenvalue weighted by Gasteiger charge is 2.35. The topological polar surface area (TPSA) is 43.4 Å². The highest BCUT2D eigenvalue weighted by atomic mass is 16.5. The van der Waals surface area contributed by atoms with Crippen molar-refractivity contribution in [2.45, 2.75) is 52.1 Å².